The second-order valence-electron chi connectivity index (χ2n) is 6.04. The summed E-state index contributed by atoms with van der Waals surface area (Å²) in [5.41, 5.74) is 0.608. The van der Waals surface area contributed by atoms with Crippen molar-refractivity contribution in [1.82, 2.24) is 15.4 Å². The Morgan fingerprint density at radius 1 is 1.44 bits per heavy atom. The average Bonchev–Trinajstić information content (AvgIpc) is 2.99. The molecule has 0 bridgehead atoms. The minimum absolute atomic E-state index is 0.0316. The van der Waals surface area contributed by atoms with E-state index in [9.17, 15) is 14.0 Å². The molecule has 0 unspecified atom stereocenters. The van der Waals surface area contributed by atoms with E-state index >= 15 is 0 Å². The van der Waals surface area contributed by atoms with E-state index in [1.807, 2.05) is 0 Å². The van der Waals surface area contributed by atoms with E-state index in [2.05, 4.69) is 15.8 Å². The van der Waals surface area contributed by atoms with E-state index in [1.165, 1.54) is 23.1 Å². The van der Waals surface area contributed by atoms with Gasteiger partial charge in [0.15, 0.2) is 5.82 Å². The zero-order valence-corrected chi connectivity index (χ0v) is 15.7. The molecule has 0 saturated carbocycles. The van der Waals surface area contributed by atoms with E-state index in [0.29, 0.717) is 18.0 Å². The van der Waals surface area contributed by atoms with Gasteiger partial charge in [-0.2, -0.15) is 0 Å². The predicted octanol–water partition coefficient (Wildman–Crippen LogP) is 3.77. The Balaban J connectivity index is 2.09. The number of benzene rings is 1. The fraction of sp³-hybridized carbons (Fsp3) is 0.278. The van der Waals surface area contributed by atoms with E-state index in [0.717, 1.165) is 0 Å². The van der Waals surface area contributed by atoms with Crippen molar-refractivity contribution in [2.75, 3.05) is 11.9 Å². The molecule has 2 aromatic rings. The zero-order chi connectivity index (χ0) is 19.7. The summed E-state index contributed by atoms with van der Waals surface area (Å²) in [6, 6.07) is 4.27. The summed E-state index contributed by atoms with van der Waals surface area (Å²) in [6.45, 7) is 5.44. The molecule has 7 nitrogen and oxygen atoms in total. The van der Waals surface area contributed by atoms with Crippen LogP contribution in [0.4, 0.5) is 15.0 Å². The highest BCUT2D eigenvalue weighted by Gasteiger charge is 2.37. The van der Waals surface area contributed by atoms with Crippen LogP contribution in [0.1, 0.15) is 31.2 Å². The molecular weight excluding hydrogens is 375 g/mol. The molecule has 9 heteroatoms. The quantitative estimate of drug-likeness (QED) is 0.829. The number of nitrogens with one attached hydrogen (secondary N) is 2. The topological polar surface area (TPSA) is 87.5 Å². The van der Waals surface area contributed by atoms with Crippen molar-refractivity contribution < 1.29 is 18.5 Å². The molecule has 1 aliphatic rings. The molecule has 3 rings (SSSR count). The van der Waals surface area contributed by atoms with Crippen molar-refractivity contribution in [2.24, 2.45) is 0 Å². The van der Waals surface area contributed by atoms with Gasteiger partial charge in [0.2, 0.25) is 0 Å². The first-order valence-electron chi connectivity index (χ1n) is 8.30. The molecule has 3 amide bonds. The monoisotopic (exact) mass is 392 g/mol. The van der Waals surface area contributed by atoms with Gasteiger partial charge >= 0.3 is 6.03 Å². The second kappa shape index (κ2) is 7.40. The molecule has 0 fully saturated rings. The highest BCUT2D eigenvalue weighted by Crippen LogP contribution is 2.36. The Morgan fingerprint density at radius 3 is 2.78 bits per heavy atom. The average molecular weight is 393 g/mol. The lowest BCUT2D eigenvalue weighted by atomic mass is 9.93. The number of allylic oxidation sites excluding steroid dienone is 1. The standard InChI is InChI=1S/C18H18ClFN4O3/c1-4-24-10(3)14(17(25)21-13-8-9(2)27-23-13)16(22-18(24)26)15-11(19)6-5-7-12(15)20/h5-8,16H,4H2,1-3H3,(H,22,26)(H,21,23,25)/t16-/m1/s1. The Kier molecular flexibility index (Phi) is 5.18. The van der Waals surface area contributed by atoms with Gasteiger partial charge in [-0.25, -0.2) is 9.18 Å². The fourth-order valence-corrected chi connectivity index (χ4v) is 3.34. The number of nitrogens with zero attached hydrogens (tertiary/aromatic N) is 2. The van der Waals surface area contributed by atoms with Crippen LogP contribution in [-0.4, -0.2) is 28.5 Å². The number of urea groups is 1. The van der Waals surface area contributed by atoms with Gasteiger partial charge in [-0.05, 0) is 32.9 Å². The largest absolute Gasteiger partial charge is 0.360 e. The van der Waals surface area contributed by atoms with Gasteiger partial charge < -0.3 is 15.2 Å². The van der Waals surface area contributed by atoms with Crippen LogP contribution in [0.15, 0.2) is 40.1 Å². The fourth-order valence-electron chi connectivity index (χ4n) is 3.07. The van der Waals surface area contributed by atoms with Crippen LogP contribution >= 0.6 is 11.6 Å². The van der Waals surface area contributed by atoms with Gasteiger partial charge in [0.05, 0.1) is 11.6 Å². The van der Waals surface area contributed by atoms with Crippen molar-refractivity contribution in [3.63, 3.8) is 0 Å². The molecule has 1 aromatic carbocycles. The Morgan fingerprint density at radius 2 is 2.19 bits per heavy atom. The maximum absolute atomic E-state index is 14.5. The molecule has 0 saturated heterocycles. The van der Waals surface area contributed by atoms with Gasteiger partial charge in [0.1, 0.15) is 11.6 Å². The highest BCUT2D eigenvalue weighted by molar-refractivity contribution is 6.31. The summed E-state index contributed by atoms with van der Waals surface area (Å²) in [7, 11) is 0. The zero-order valence-electron chi connectivity index (χ0n) is 15.0. The van der Waals surface area contributed by atoms with E-state index in [1.54, 1.807) is 26.8 Å². The summed E-state index contributed by atoms with van der Waals surface area (Å²) < 4.78 is 19.5. The van der Waals surface area contributed by atoms with Crippen molar-refractivity contribution >= 4 is 29.4 Å². The lowest BCUT2D eigenvalue weighted by Crippen LogP contribution is -2.48. The molecule has 1 atom stereocenters. The second-order valence-corrected chi connectivity index (χ2v) is 6.45. The lowest BCUT2D eigenvalue weighted by Gasteiger charge is -2.35. The SMILES string of the molecule is CCN1C(=O)N[C@@H](c2c(F)cccc2Cl)C(C(=O)Nc2cc(C)on2)=C1C. The van der Waals surface area contributed by atoms with E-state index in [-0.39, 0.29) is 22.0 Å². The normalized spacial score (nSPS) is 17.1. The molecule has 2 N–H and O–H groups in total. The summed E-state index contributed by atoms with van der Waals surface area (Å²) >= 11 is 6.18. The van der Waals surface area contributed by atoms with Crippen LogP contribution in [0.3, 0.4) is 0 Å². The van der Waals surface area contributed by atoms with Crippen LogP contribution in [0.2, 0.25) is 5.02 Å². The summed E-state index contributed by atoms with van der Waals surface area (Å²) in [4.78, 5) is 26.8. The lowest BCUT2D eigenvalue weighted by molar-refractivity contribution is -0.113. The molecular formula is C18H18ClFN4O3. The van der Waals surface area contributed by atoms with E-state index < -0.39 is 23.8 Å². The van der Waals surface area contributed by atoms with Gasteiger partial charge in [0.25, 0.3) is 5.91 Å². The van der Waals surface area contributed by atoms with Crippen molar-refractivity contribution in [2.45, 2.75) is 26.8 Å². The first kappa shape index (κ1) is 18.9. The minimum atomic E-state index is -1.04. The van der Waals surface area contributed by atoms with Crippen molar-refractivity contribution in [1.29, 1.82) is 0 Å². The predicted molar refractivity (Wildman–Crippen MR) is 97.6 cm³/mol. The van der Waals surface area contributed by atoms with Crippen LogP contribution in [0.5, 0.6) is 0 Å². The van der Waals surface area contributed by atoms with Crippen LogP contribution in [0, 0.1) is 12.7 Å². The Hall–Kier alpha value is -2.87. The van der Waals surface area contributed by atoms with Crippen LogP contribution < -0.4 is 10.6 Å². The van der Waals surface area contributed by atoms with Crippen LogP contribution in [0.25, 0.3) is 0 Å². The first-order valence-corrected chi connectivity index (χ1v) is 8.68. The molecule has 142 valence electrons. The number of carbonyl (C=O) groups excluding carboxylic acids is 2. The summed E-state index contributed by atoms with van der Waals surface area (Å²) in [5.74, 6) is -0.412. The molecule has 0 radical (unpaired) electrons. The summed E-state index contributed by atoms with van der Waals surface area (Å²) in [6.07, 6.45) is 0. The number of aromatic nitrogens is 1. The Bertz CT molecular complexity index is 920. The van der Waals surface area contributed by atoms with Gasteiger partial charge in [-0.3, -0.25) is 9.69 Å². The molecule has 0 spiro atoms. The maximum atomic E-state index is 14.5. The number of halogens is 2. The Labute approximate surface area is 160 Å². The number of rotatable bonds is 4. The van der Waals surface area contributed by atoms with Gasteiger partial charge in [-0.1, -0.05) is 22.8 Å². The molecule has 1 aromatic heterocycles. The summed E-state index contributed by atoms with van der Waals surface area (Å²) in [5, 5.41) is 9.13. The third kappa shape index (κ3) is 3.52. The highest BCUT2D eigenvalue weighted by atomic mass is 35.5. The van der Waals surface area contributed by atoms with E-state index in [4.69, 9.17) is 16.1 Å². The number of aryl methyl sites for hydroxylation is 1. The third-order valence-corrected chi connectivity index (χ3v) is 4.64. The minimum Gasteiger partial charge on any atom is -0.360 e. The number of hydrogen-bond donors (Lipinski definition) is 2. The van der Waals surface area contributed by atoms with Gasteiger partial charge in [0, 0.05) is 28.9 Å². The first-order chi connectivity index (χ1) is 12.8. The molecule has 2 heterocycles. The van der Waals surface area contributed by atoms with Crippen LogP contribution in [-0.2, 0) is 4.79 Å². The smallest absolute Gasteiger partial charge is 0.322 e. The molecule has 0 aliphatic carbocycles. The number of carbonyl (C=O) groups is 2. The van der Waals surface area contributed by atoms with Gasteiger partial charge in [-0.15, -0.1) is 0 Å². The third-order valence-electron chi connectivity index (χ3n) is 4.32. The maximum Gasteiger partial charge on any atom is 0.322 e. The molecule has 1 aliphatic heterocycles. The van der Waals surface area contributed by atoms with Crippen molar-refractivity contribution in [3.8, 4) is 0 Å². The number of hydrogen-bond acceptors (Lipinski definition) is 4. The number of amides is 3. The molecule has 27 heavy (non-hydrogen) atoms. The van der Waals surface area contributed by atoms with Crippen molar-refractivity contribution in [3.05, 3.63) is 57.7 Å². The number of anilines is 1.